The van der Waals surface area contributed by atoms with Crippen LogP contribution in [0.25, 0.3) is 10.1 Å². The van der Waals surface area contributed by atoms with Crippen molar-refractivity contribution in [1.29, 1.82) is 0 Å². The maximum Gasteiger partial charge on any atom is 0.349 e. The summed E-state index contributed by atoms with van der Waals surface area (Å²) in [7, 11) is 1.27. The lowest BCUT2D eigenvalue weighted by atomic mass is 10.2. The molecular weight excluding hydrogens is 396 g/mol. The molecule has 1 amide bonds. The van der Waals surface area contributed by atoms with E-state index in [1.54, 1.807) is 18.2 Å². The molecule has 140 valence electrons. The molecule has 0 fully saturated rings. The van der Waals surface area contributed by atoms with Crippen LogP contribution in [0.2, 0.25) is 5.02 Å². The summed E-state index contributed by atoms with van der Waals surface area (Å²) < 4.78 is 6.61. The molecule has 3 rings (SSSR count). The maximum atomic E-state index is 12.2. The smallest absolute Gasteiger partial charge is 0.349 e. The lowest BCUT2D eigenvalue weighted by molar-refractivity contribution is -0.385. The Balaban J connectivity index is 1.78. The fourth-order valence-electron chi connectivity index (χ4n) is 2.48. The van der Waals surface area contributed by atoms with Crippen molar-refractivity contribution < 1.29 is 19.2 Å². The summed E-state index contributed by atoms with van der Waals surface area (Å²) in [5.41, 5.74) is 0.589. The van der Waals surface area contributed by atoms with Gasteiger partial charge in [0.1, 0.15) is 23.3 Å². The number of rotatable bonds is 5. The normalized spacial score (nSPS) is 10.8. The molecule has 3 aromatic rings. The van der Waals surface area contributed by atoms with E-state index in [0.717, 1.165) is 11.3 Å². The van der Waals surface area contributed by atoms with Gasteiger partial charge in [-0.15, -0.1) is 11.3 Å². The minimum absolute atomic E-state index is 0.146. The van der Waals surface area contributed by atoms with Crippen molar-refractivity contribution in [1.82, 2.24) is 9.78 Å². The van der Waals surface area contributed by atoms with Crippen molar-refractivity contribution in [2.24, 2.45) is 0 Å². The third kappa shape index (κ3) is 3.76. The lowest BCUT2D eigenvalue weighted by Gasteiger charge is -2.05. The number of hydrogen-bond acceptors (Lipinski definition) is 7. The van der Waals surface area contributed by atoms with Gasteiger partial charge in [-0.1, -0.05) is 11.6 Å². The second kappa shape index (κ2) is 7.33. The Labute approximate surface area is 161 Å². The molecule has 1 aromatic carbocycles. The zero-order valence-corrected chi connectivity index (χ0v) is 15.8. The van der Waals surface area contributed by atoms with Crippen LogP contribution < -0.4 is 5.32 Å². The molecule has 0 bridgehead atoms. The van der Waals surface area contributed by atoms with Crippen molar-refractivity contribution in [2.75, 3.05) is 12.4 Å². The van der Waals surface area contributed by atoms with Gasteiger partial charge in [0.15, 0.2) is 0 Å². The standard InChI is InChI=1S/C16H13ClN4O5S/c1-8-11(21(24)25)6-20(19-8)7-13(22)18-9-3-4-10-12(5-9)27-15(14(10)17)16(23)26-2/h3-6H,7H2,1-2H3,(H,18,22). The highest BCUT2D eigenvalue weighted by atomic mass is 35.5. The Hall–Kier alpha value is -2.98. The van der Waals surface area contributed by atoms with Crippen LogP contribution in [0.5, 0.6) is 0 Å². The average Bonchev–Trinajstić information content (AvgIpc) is 3.14. The quantitative estimate of drug-likeness (QED) is 0.393. The van der Waals surface area contributed by atoms with Crippen molar-refractivity contribution in [3.05, 3.63) is 50.1 Å². The Kier molecular flexibility index (Phi) is 5.10. The summed E-state index contributed by atoms with van der Waals surface area (Å²) in [5, 5.41) is 18.5. The molecule has 0 unspecified atom stereocenters. The molecule has 9 nitrogen and oxygen atoms in total. The fourth-order valence-corrected chi connectivity index (χ4v) is 3.95. The molecule has 11 heteroatoms. The predicted molar refractivity (Wildman–Crippen MR) is 100 cm³/mol. The number of anilines is 1. The van der Waals surface area contributed by atoms with Gasteiger partial charge in [0.25, 0.3) is 0 Å². The molecule has 27 heavy (non-hydrogen) atoms. The second-order valence-corrected chi connectivity index (χ2v) is 6.98. The van der Waals surface area contributed by atoms with Crippen LogP contribution in [-0.2, 0) is 16.1 Å². The number of amides is 1. The summed E-state index contributed by atoms with van der Waals surface area (Å²) >= 11 is 7.35. The van der Waals surface area contributed by atoms with Gasteiger partial charge in [-0.2, -0.15) is 5.10 Å². The Morgan fingerprint density at radius 3 is 2.81 bits per heavy atom. The van der Waals surface area contributed by atoms with E-state index in [-0.39, 0.29) is 22.8 Å². The van der Waals surface area contributed by atoms with Crippen LogP contribution in [0, 0.1) is 17.0 Å². The molecule has 0 aliphatic rings. The summed E-state index contributed by atoms with van der Waals surface area (Å²) in [4.78, 5) is 34.5. The fraction of sp³-hybridized carbons (Fsp3) is 0.188. The molecule has 2 heterocycles. The first kappa shape index (κ1) is 18.8. The minimum atomic E-state index is -0.551. The highest BCUT2D eigenvalue weighted by Crippen LogP contribution is 2.37. The number of esters is 1. The van der Waals surface area contributed by atoms with Crippen molar-refractivity contribution in [3.63, 3.8) is 0 Å². The number of methoxy groups -OCH3 is 1. The van der Waals surface area contributed by atoms with Crippen LogP contribution in [0.3, 0.4) is 0 Å². The Bertz CT molecular complexity index is 1070. The van der Waals surface area contributed by atoms with E-state index >= 15 is 0 Å². The Morgan fingerprint density at radius 2 is 2.19 bits per heavy atom. The maximum absolute atomic E-state index is 12.2. The van der Waals surface area contributed by atoms with Crippen LogP contribution in [0.15, 0.2) is 24.4 Å². The van der Waals surface area contributed by atoms with E-state index in [4.69, 9.17) is 16.3 Å². The molecule has 0 saturated carbocycles. The van der Waals surface area contributed by atoms with E-state index in [9.17, 15) is 19.7 Å². The predicted octanol–water partition coefficient (Wildman–Crippen LogP) is 3.39. The van der Waals surface area contributed by atoms with Gasteiger partial charge in [-0.3, -0.25) is 19.6 Å². The van der Waals surface area contributed by atoms with Crippen molar-refractivity contribution >= 4 is 56.3 Å². The number of aryl methyl sites for hydroxylation is 1. The number of thiophene rings is 1. The number of nitro groups is 1. The highest BCUT2D eigenvalue weighted by Gasteiger charge is 2.19. The summed E-state index contributed by atoms with van der Waals surface area (Å²) in [6.45, 7) is 1.32. The molecule has 0 saturated heterocycles. The van der Waals surface area contributed by atoms with E-state index in [2.05, 4.69) is 10.4 Å². The van der Waals surface area contributed by atoms with Crippen molar-refractivity contribution in [3.8, 4) is 0 Å². The number of nitrogens with one attached hydrogen (secondary N) is 1. The minimum Gasteiger partial charge on any atom is -0.465 e. The molecule has 1 N–H and O–H groups in total. The van der Waals surface area contributed by atoms with E-state index < -0.39 is 16.8 Å². The number of nitrogens with zero attached hydrogens (tertiary/aromatic N) is 3. The molecule has 2 aromatic heterocycles. The first-order valence-electron chi connectivity index (χ1n) is 7.58. The third-order valence-corrected chi connectivity index (χ3v) is 5.34. The first-order valence-corrected chi connectivity index (χ1v) is 8.78. The van der Waals surface area contributed by atoms with Gasteiger partial charge in [0.2, 0.25) is 5.91 Å². The van der Waals surface area contributed by atoms with Crippen LogP contribution in [-0.4, -0.2) is 33.7 Å². The van der Waals surface area contributed by atoms with Crippen LogP contribution in [0.4, 0.5) is 11.4 Å². The average molecular weight is 409 g/mol. The van der Waals surface area contributed by atoms with Gasteiger partial charge >= 0.3 is 11.7 Å². The zero-order valence-electron chi connectivity index (χ0n) is 14.2. The zero-order chi connectivity index (χ0) is 19.7. The molecular formula is C16H13ClN4O5S. The first-order chi connectivity index (χ1) is 12.8. The number of benzene rings is 1. The number of halogens is 1. The molecule has 0 aliphatic carbocycles. The van der Waals surface area contributed by atoms with E-state index in [1.165, 1.54) is 24.9 Å². The van der Waals surface area contributed by atoms with Crippen LogP contribution >= 0.6 is 22.9 Å². The number of carbonyl (C=O) groups excluding carboxylic acids is 2. The number of carbonyl (C=O) groups is 2. The number of ether oxygens (including phenoxy) is 1. The third-order valence-electron chi connectivity index (χ3n) is 3.71. The number of hydrogen-bond donors (Lipinski definition) is 1. The van der Waals surface area contributed by atoms with Gasteiger partial charge in [-0.05, 0) is 25.1 Å². The van der Waals surface area contributed by atoms with E-state index in [1.807, 2.05) is 0 Å². The van der Waals surface area contributed by atoms with Gasteiger partial charge in [0.05, 0.1) is 17.1 Å². The summed E-state index contributed by atoms with van der Waals surface area (Å²) in [5.74, 6) is -0.926. The monoisotopic (exact) mass is 408 g/mol. The summed E-state index contributed by atoms with van der Waals surface area (Å²) in [6.07, 6.45) is 1.21. The van der Waals surface area contributed by atoms with Gasteiger partial charge in [-0.25, -0.2) is 4.79 Å². The molecule has 0 spiro atoms. The van der Waals surface area contributed by atoms with Gasteiger partial charge < -0.3 is 10.1 Å². The lowest BCUT2D eigenvalue weighted by Crippen LogP contribution is -2.19. The molecule has 0 radical (unpaired) electrons. The van der Waals surface area contributed by atoms with Gasteiger partial charge in [0, 0.05) is 15.8 Å². The topological polar surface area (TPSA) is 116 Å². The molecule has 0 atom stereocenters. The Morgan fingerprint density at radius 1 is 1.44 bits per heavy atom. The largest absolute Gasteiger partial charge is 0.465 e. The van der Waals surface area contributed by atoms with Crippen LogP contribution in [0.1, 0.15) is 15.4 Å². The van der Waals surface area contributed by atoms with Crippen molar-refractivity contribution in [2.45, 2.75) is 13.5 Å². The molecule has 0 aliphatic heterocycles. The SMILES string of the molecule is COC(=O)c1sc2cc(NC(=O)Cn3cc([N+](=O)[O-])c(C)n3)ccc2c1Cl. The second-order valence-electron chi connectivity index (χ2n) is 5.55. The summed E-state index contributed by atoms with van der Waals surface area (Å²) in [6, 6.07) is 5.03. The van der Waals surface area contributed by atoms with E-state index in [0.29, 0.717) is 20.8 Å². The number of fused-ring (bicyclic) bond motifs is 1. The number of aromatic nitrogens is 2. The highest BCUT2D eigenvalue weighted by molar-refractivity contribution is 7.21.